The van der Waals surface area contributed by atoms with Crippen LogP contribution in [0.3, 0.4) is 0 Å². The molecule has 4 heterocycles. The standard InChI is InChI=1S/C31H34F4N6O2/c1-3-43-29-22(5-4-12-36-29)24-8-9-26(27(39-24)28(42)38-21-15-40(2)16-21)41-17-30(18-41)11-10-20(14-30)37-25-7-6-19(32)13-23(25)31(33,34)35/h4-9,12-13,20-21,37H,3,10-11,14-18H2,1-2H3,(H,38,42). The van der Waals surface area contributed by atoms with Gasteiger partial charge in [0.1, 0.15) is 5.82 Å². The van der Waals surface area contributed by atoms with Crippen molar-refractivity contribution in [3.8, 4) is 17.1 Å². The average molecular weight is 599 g/mol. The number of amides is 1. The molecule has 2 aliphatic heterocycles. The van der Waals surface area contributed by atoms with Crippen LogP contribution in [-0.4, -0.2) is 72.7 Å². The summed E-state index contributed by atoms with van der Waals surface area (Å²) in [6.45, 7) is 5.17. The molecule has 2 aromatic heterocycles. The maximum absolute atomic E-state index is 13.6. The quantitative estimate of drug-likeness (QED) is 0.345. The minimum absolute atomic E-state index is 0.0469. The van der Waals surface area contributed by atoms with Gasteiger partial charge in [0.2, 0.25) is 5.88 Å². The van der Waals surface area contributed by atoms with Crippen molar-refractivity contribution in [3.05, 3.63) is 65.7 Å². The summed E-state index contributed by atoms with van der Waals surface area (Å²) in [6, 6.07) is 10.0. The van der Waals surface area contributed by atoms with Gasteiger partial charge in [0, 0.05) is 49.5 Å². The van der Waals surface area contributed by atoms with E-state index in [1.54, 1.807) is 12.3 Å². The fourth-order valence-electron chi connectivity index (χ4n) is 6.55. The molecular weight excluding hydrogens is 564 g/mol. The minimum atomic E-state index is -4.65. The number of alkyl halides is 3. The lowest BCUT2D eigenvalue weighted by Gasteiger charge is -2.50. The Bertz CT molecular complexity index is 1500. The van der Waals surface area contributed by atoms with Crippen LogP contribution in [0.4, 0.5) is 28.9 Å². The molecule has 43 heavy (non-hydrogen) atoms. The Labute approximate surface area is 247 Å². The van der Waals surface area contributed by atoms with Crippen molar-refractivity contribution in [1.82, 2.24) is 20.2 Å². The Morgan fingerprint density at radius 3 is 2.65 bits per heavy atom. The van der Waals surface area contributed by atoms with Gasteiger partial charge in [-0.2, -0.15) is 13.2 Å². The third-order valence-corrected chi connectivity index (χ3v) is 8.56. The molecule has 228 valence electrons. The molecule has 3 fully saturated rings. The molecule has 8 nitrogen and oxygen atoms in total. The predicted octanol–water partition coefficient (Wildman–Crippen LogP) is 5.22. The molecular formula is C31H34F4N6O2. The van der Waals surface area contributed by atoms with Crippen molar-refractivity contribution in [2.45, 2.75) is 44.4 Å². The van der Waals surface area contributed by atoms with Gasteiger partial charge in [-0.15, -0.1) is 0 Å². The van der Waals surface area contributed by atoms with Crippen molar-refractivity contribution < 1.29 is 27.1 Å². The SMILES string of the molecule is CCOc1ncccc1-c1ccc(N2CC3(CCC(Nc4ccc(F)cc4C(F)(F)F)C3)C2)c(C(=O)NC2CN(C)C2)n1. The normalized spacial score (nSPS) is 20.0. The van der Waals surface area contributed by atoms with Crippen LogP contribution in [0.15, 0.2) is 48.7 Å². The highest BCUT2D eigenvalue weighted by atomic mass is 19.4. The third-order valence-electron chi connectivity index (χ3n) is 8.56. The zero-order valence-corrected chi connectivity index (χ0v) is 24.0. The second-order valence-corrected chi connectivity index (χ2v) is 11.9. The number of pyridine rings is 2. The number of rotatable bonds is 8. The van der Waals surface area contributed by atoms with Crippen molar-refractivity contribution >= 4 is 17.3 Å². The molecule has 6 rings (SSSR count). The van der Waals surface area contributed by atoms with Crippen molar-refractivity contribution in [1.29, 1.82) is 0 Å². The van der Waals surface area contributed by atoms with Gasteiger partial charge in [-0.05, 0) is 75.7 Å². The molecule has 1 unspecified atom stereocenters. The Balaban J connectivity index is 1.20. The second-order valence-electron chi connectivity index (χ2n) is 11.9. The van der Waals surface area contributed by atoms with Gasteiger partial charge in [0.05, 0.1) is 35.2 Å². The van der Waals surface area contributed by atoms with Crippen LogP contribution in [0, 0.1) is 11.2 Å². The van der Waals surface area contributed by atoms with Gasteiger partial charge in [0.25, 0.3) is 5.91 Å². The van der Waals surface area contributed by atoms with Crippen LogP contribution in [0.1, 0.15) is 42.2 Å². The van der Waals surface area contributed by atoms with E-state index in [4.69, 9.17) is 9.72 Å². The third kappa shape index (κ3) is 5.97. The first-order valence-electron chi connectivity index (χ1n) is 14.5. The highest BCUT2D eigenvalue weighted by Crippen LogP contribution is 2.49. The topological polar surface area (TPSA) is 82.6 Å². The molecule has 0 bridgehead atoms. The minimum Gasteiger partial charge on any atom is -0.477 e. The van der Waals surface area contributed by atoms with Crippen LogP contribution in [0.2, 0.25) is 0 Å². The lowest BCUT2D eigenvalue weighted by atomic mass is 9.77. The van der Waals surface area contributed by atoms with E-state index in [1.165, 1.54) is 0 Å². The molecule has 1 aliphatic carbocycles. The van der Waals surface area contributed by atoms with E-state index >= 15 is 0 Å². The number of benzene rings is 1. The van der Waals surface area contributed by atoms with E-state index in [0.29, 0.717) is 61.4 Å². The number of anilines is 2. The zero-order valence-electron chi connectivity index (χ0n) is 24.0. The largest absolute Gasteiger partial charge is 0.477 e. The van der Waals surface area contributed by atoms with Gasteiger partial charge in [0.15, 0.2) is 5.69 Å². The molecule has 3 aromatic rings. The number of carbonyl (C=O) groups is 1. The number of hydrogen-bond acceptors (Lipinski definition) is 7. The summed E-state index contributed by atoms with van der Waals surface area (Å²) in [5, 5.41) is 6.12. The van der Waals surface area contributed by atoms with E-state index in [-0.39, 0.29) is 29.1 Å². The summed E-state index contributed by atoms with van der Waals surface area (Å²) in [6.07, 6.45) is -0.805. The molecule has 12 heteroatoms. The first-order chi connectivity index (χ1) is 20.5. The number of nitrogens with zero attached hydrogens (tertiary/aromatic N) is 4. The lowest BCUT2D eigenvalue weighted by Crippen LogP contribution is -2.58. The smallest absolute Gasteiger partial charge is 0.418 e. The second kappa shape index (κ2) is 11.3. The van der Waals surface area contributed by atoms with Gasteiger partial charge >= 0.3 is 6.18 Å². The molecule has 1 amide bonds. The average Bonchev–Trinajstić information content (AvgIpc) is 3.36. The van der Waals surface area contributed by atoms with Crippen LogP contribution < -0.4 is 20.3 Å². The van der Waals surface area contributed by atoms with Gasteiger partial charge in [-0.1, -0.05) is 0 Å². The maximum Gasteiger partial charge on any atom is 0.418 e. The lowest BCUT2D eigenvalue weighted by molar-refractivity contribution is -0.137. The van der Waals surface area contributed by atoms with Gasteiger partial charge < -0.3 is 25.2 Å². The van der Waals surface area contributed by atoms with Gasteiger partial charge in [-0.3, -0.25) is 4.79 Å². The summed E-state index contributed by atoms with van der Waals surface area (Å²) < 4.78 is 59.9. The molecule has 1 spiro atoms. The maximum atomic E-state index is 13.6. The van der Waals surface area contributed by atoms with Crippen LogP contribution in [-0.2, 0) is 6.18 Å². The summed E-state index contributed by atoms with van der Waals surface area (Å²) >= 11 is 0. The summed E-state index contributed by atoms with van der Waals surface area (Å²) in [5.41, 5.74) is 1.12. The Kier molecular flexibility index (Phi) is 7.66. The van der Waals surface area contributed by atoms with E-state index in [0.717, 1.165) is 37.3 Å². The number of nitrogens with one attached hydrogen (secondary N) is 2. The Morgan fingerprint density at radius 2 is 1.93 bits per heavy atom. The monoisotopic (exact) mass is 598 g/mol. The molecule has 0 radical (unpaired) electrons. The van der Waals surface area contributed by atoms with E-state index in [2.05, 4.69) is 25.4 Å². The molecule has 1 atom stereocenters. The molecule has 1 aromatic carbocycles. The summed E-state index contributed by atoms with van der Waals surface area (Å²) in [4.78, 5) is 26.9. The van der Waals surface area contributed by atoms with Gasteiger partial charge in [-0.25, -0.2) is 14.4 Å². The fraction of sp³-hybridized carbons (Fsp3) is 0.452. The number of aromatic nitrogens is 2. The summed E-state index contributed by atoms with van der Waals surface area (Å²) in [5.74, 6) is -0.726. The zero-order chi connectivity index (χ0) is 30.4. The predicted molar refractivity (Wildman–Crippen MR) is 155 cm³/mol. The molecule has 2 saturated heterocycles. The van der Waals surface area contributed by atoms with Crippen molar-refractivity contribution in [3.63, 3.8) is 0 Å². The first kappa shape index (κ1) is 29.2. The Morgan fingerprint density at radius 1 is 1.14 bits per heavy atom. The van der Waals surface area contributed by atoms with Crippen molar-refractivity contribution in [2.75, 3.05) is 50.1 Å². The first-order valence-corrected chi connectivity index (χ1v) is 14.5. The van der Waals surface area contributed by atoms with Crippen molar-refractivity contribution in [2.24, 2.45) is 5.41 Å². The van der Waals surface area contributed by atoms with E-state index in [9.17, 15) is 22.4 Å². The molecule has 1 saturated carbocycles. The fourth-order valence-corrected chi connectivity index (χ4v) is 6.55. The number of likely N-dealkylation sites (tertiary alicyclic amines) is 1. The number of halogens is 4. The van der Waals surface area contributed by atoms with Crippen LogP contribution in [0.5, 0.6) is 5.88 Å². The van der Waals surface area contributed by atoms with Crippen LogP contribution in [0.25, 0.3) is 11.3 Å². The highest BCUT2D eigenvalue weighted by molar-refractivity contribution is 5.99. The summed E-state index contributed by atoms with van der Waals surface area (Å²) in [7, 11) is 1.99. The van der Waals surface area contributed by atoms with E-state index in [1.807, 2.05) is 32.2 Å². The number of ether oxygens (including phenoxy) is 1. The number of likely N-dealkylation sites (N-methyl/N-ethyl adjacent to an activating group) is 1. The highest BCUT2D eigenvalue weighted by Gasteiger charge is 2.49. The molecule has 2 N–H and O–H groups in total. The number of carbonyl (C=O) groups excluding carboxylic acids is 1. The molecule has 3 aliphatic rings. The van der Waals surface area contributed by atoms with Crippen LogP contribution >= 0.6 is 0 Å². The Hall–Kier alpha value is -3.93. The number of hydrogen-bond donors (Lipinski definition) is 2. The van der Waals surface area contributed by atoms with E-state index < -0.39 is 17.6 Å².